The molecule has 0 bridgehead atoms. The molecule has 1 aromatic heterocycles. The molecular formula is C9H14N2. The third-order valence-corrected chi connectivity index (χ3v) is 2.58. The van der Waals surface area contributed by atoms with Crippen molar-refractivity contribution in [1.82, 2.24) is 9.55 Å². The van der Waals surface area contributed by atoms with Crippen LogP contribution in [0.4, 0.5) is 0 Å². The van der Waals surface area contributed by atoms with Crippen LogP contribution in [-0.2, 0) is 0 Å². The summed E-state index contributed by atoms with van der Waals surface area (Å²) in [4.78, 5) is 4.13. The van der Waals surface area contributed by atoms with Crippen molar-refractivity contribution < 1.29 is 0 Å². The summed E-state index contributed by atoms with van der Waals surface area (Å²) in [6, 6.07) is 0.748. The highest BCUT2D eigenvalue weighted by molar-refractivity contribution is 4.97. The minimum atomic E-state index is 0.748. The van der Waals surface area contributed by atoms with Crippen LogP contribution in [0.2, 0.25) is 0 Å². The van der Waals surface area contributed by atoms with Crippen LogP contribution >= 0.6 is 0 Å². The number of hydrogen-bond acceptors (Lipinski definition) is 1. The molecule has 2 nitrogen and oxygen atoms in total. The van der Waals surface area contributed by atoms with Crippen LogP contribution in [-0.4, -0.2) is 9.55 Å². The van der Waals surface area contributed by atoms with Crippen LogP contribution in [0.1, 0.15) is 37.4 Å². The first kappa shape index (κ1) is 6.89. The Kier molecular flexibility index (Phi) is 1.68. The summed E-state index contributed by atoms with van der Waals surface area (Å²) in [6.45, 7) is 2.13. The lowest BCUT2D eigenvalue weighted by molar-refractivity contribution is 0.508. The highest BCUT2D eigenvalue weighted by Crippen LogP contribution is 2.29. The molecule has 1 aromatic rings. The summed E-state index contributed by atoms with van der Waals surface area (Å²) in [7, 11) is 0. The lowest BCUT2D eigenvalue weighted by Gasteiger charge is -2.12. The van der Waals surface area contributed by atoms with Crippen LogP contribution in [0.25, 0.3) is 0 Å². The number of rotatable bonds is 1. The molecule has 2 heteroatoms. The van der Waals surface area contributed by atoms with Gasteiger partial charge in [-0.15, -0.1) is 0 Å². The maximum atomic E-state index is 4.13. The summed E-state index contributed by atoms with van der Waals surface area (Å²) in [6.07, 6.45) is 9.38. The van der Waals surface area contributed by atoms with Gasteiger partial charge in [0.25, 0.3) is 0 Å². The Labute approximate surface area is 67.3 Å². The zero-order valence-corrected chi connectivity index (χ0v) is 6.95. The molecule has 0 N–H and O–H groups in total. The van der Waals surface area contributed by atoms with E-state index in [9.17, 15) is 0 Å². The molecule has 0 spiro atoms. The van der Waals surface area contributed by atoms with E-state index in [4.69, 9.17) is 0 Å². The molecule has 2 rings (SSSR count). The van der Waals surface area contributed by atoms with Crippen molar-refractivity contribution in [2.24, 2.45) is 0 Å². The average molecular weight is 150 g/mol. The van der Waals surface area contributed by atoms with E-state index in [0.29, 0.717) is 0 Å². The Hall–Kier alpha value is -0.790. The van der Waals surface area contributed by atoms with Gasteiger partial charge in [-0.1, -0.05) is 12.8 Å². The Morgan fingerprint density at radius 1 is 1.45 bits per heavy atom. The van der Waals surface area contributed by atoms with Crippen LogP contribution in [0, 0.1) is 6.92 Å². The third-order valence-electron chi connectivity index (χ3n) is 2.58. The van der Waals surface area contributed by atoms with Crippen LogP contribution in [0.5, 0.6) is 0 Å². The number of imidazole rings is 1. The smallest absolute Gasteiger partial charge is 0.0950 e. The third kappa shape index (κ3) is 1.17. The van der Waals surface area contributed by atoms with Crippen molar-refractivity contribution in [3.05, 3.63) is 18.2 Å². The van der Waals surface area contributed by atoms with E-state index < -0.39 is 0 Å². The highest BCUT2D eigenvalue weighted by atomic mass is 15.1. The normalized spacial score (nSPS) is 19.4. The van der Waals surface area contributed by atoms with Crippen LogP contribution in [0.3, 0.4) is 0 Å². The molecule has 0 aliphatic heterocycles. The van der Waals surface area contributed by atoms with E-state index >= 15 is 0 Å². The van der Waals surface area contributed by atoms with Gasteiger partial charge in [0.2, 0.25) is 0 Å². The molecule has 0 saturated heterocycles. The van der Waals surface area contributed by atoms with Gasteiger partial charge in [0.05, 0.1) is 6.33 Å². The molecule has 1 fully saturated rings. The maximum absolute atomic E-state index is 4.13. The second-order valence-electron chi connectivity index (χ2n) is 3.38. The first-order chi connectivity index (χ1) is 5.38. The summed E-state index contributed by atoms with van der Waals surface area (Å²) in [5.41, 5.74) is 1.30. The Morgan fingerprint density at radius 3 is 2.73 bits per heavy atom. The van der Waals surface area contributed by atoms with E-state index in [2.05, 4.69) is 16.5 Å². The second kappa shape index (κ2) is 2.68. The summed E-state index contributed by atoms with van der Waals surface area (Å²) in [5.74, 6) is 0. The summed E-state index contributed by atoms with van der Waals surface area (Å²) >= 11 is 0. The lowest BCUT2D eigenvalue weighted by atomic mass is 10.2. The molecule has 0 amide bonds. The monoisotopic (exact) mass is 150 g/mol. The fourth-order valence-electron chi connectivity index (χ4n) is 1.94. The van der Waals surface area contributed by atoms with E-state index in [1.54, 1.807) is 0 Å². The van der Waals surface area contributed by atoms with Crippen LogP contribution in [0.15, 0.2) is 12.5 Å². The molecule has 1 aliphatic carbocycles. The molecule has 1 aliphatic rings. The largest absolute Gasteiger partial charge is 0.332 e. The van der Waals surface area contributed by atoms with E-state index in [1.165, 1.54) is 31.4 Å². The SMILES string of the molecule is Cc1cncn1C1CCCC1. The van der Waals surface area contributed by atoms with Gasteiger partial charge in [0.1, 0.15) is 0 Å². The summed E-state index contributed by atoms with van der Waals surface area (Å²) < 4.78 is 2.31. The standard InChI is InChI=1S/C9H14N2/c1-8-6-10-7-11(8)9-4-2-3-5-9/h6-7,9H,2-5H2,1H3. The average Bonchev–Trinajstić information content (AvgIpc) is 2.55. The number of aromatic nitrogens is 2. The van der Waals surface area contributed by atoms with Gasteiger partial charge in [-0.05, 0) is 19.8 Å². The molecular weight excluding hydrogens is 136 g/mol. The van der Waals surface area contributed by atoms with E-state index in [1.807, 2.05) is 12.5 Å². The van der Waals surface area contributed by atoms with Gasteiger partial charge in [0, 0.05) is 17.9 Å². The molecule has 0 atom stereocenters. The zero-order valence-electron chi connectivity index (χ0n) is 6.95. The molecule has 0 aromatic carbocycles. The fourth-order valence-corrected chi connectivity index (χ4v) is 1.94. The van der Waals surface area contributed by atoms with Gasteiger partial charge < -0.3 is 4.57 Å². The quantitative estimate of drug-likeness (QED) is 0.600. The van der Waals surface area contributed by atoms with Crippen molar-refractivity contribution in [1.29, 1.82) is 0 Å². The molecule has 11 heavy (non-hydrogen) atoms. The molecule has 1 saturated carbocycles. The summed E-state index contributed by atoms with van der Waals surface area (Å²) in [5, 5.41) is 0. The Bertz CT molecular complexity index is 233. The molecule has 0 unspecified atom stereocenters. The van der Waals surface area contributed by atoms with E-state index in [0.717, 1.165) is 6.04 Å². The first-order valence-corrected chi connectivity index (χ1v) is 4.36. The Balaban J connectivity index is 2.21. The van der Waals surface area contributed by atoms with Crippen molar-refractivity contribution in [3.8, 4) is 0 Å². The molecule has 0 radical (unpaired) electrons. The second-order valence-corrected chi connectivity index (χ2v) is 3.38. The van der Waals surface area contributed by atoms with Gasteiger partial charge in [-0.3, -0.25) is 0 Å². The molecule has 60 valence electrons. The van der Waals surface area contributed by atoms with Crippen LogP contribution < -0.4 is 0 Å². The van der Waals surface area contributed by atoms with E-state index in [-0.39, 0.29) is 0 Å². The highest BCUT2D eigenvalue weighted by Gasteiger charge is 2.16. The van der Waals surface area contributed by atoms with Crippen molar-refractivity contribution in [3.63, 3.8) is 0 Å². The zero-order chi connectivity index (χ0) is 7.68. The number of hydrogen-bond donors (Lipinski definition) is 0. The van der Waals surface area contributed by atoms with Gasteiger partial charge in [0.15, 0.2) is 0 Å². The number of nitrogens with zero attached hydrogens (tertiary/aromatic N) is 2. The maximum Gasteiger partial charge on any atom is 0.0950 e. The predicted octanol–water partition coefficient (Wildman–Crippen LogP) is 2.31. The predicted molar refractivity (Wildman–Crippen MR) is 44.5 cm³/mol. The van der Waals surface area contributed by atoms with Crippen molar-refractivity contribution >= 4 is 0 Å². The molecule has 1 heterocycles. The Morgan fingerprint density at radius 2 is 2.18 bits per heavy atom. The van der Waals surface area contributed by atoms with Gasteiger partial charge in [-0.2, -0.15) is 0 Å². The van der Waals surface area contributed by atoms with Crippen molar-refractivity contribution in [2.75, 3.05) is 0 Å². The van der Waals surface area contributed by atoms with Gasteiger partial charge in [-0.25, -0.2) is 4.98 Å². The fraction of sp³-hybridized carbons (Fsp3) is 0.667. The number of aryl methyl sites for hydroxylation is 1. The topological polar surface area (TPSA) is 17.8 Å². The van der Waals surface area contributed by atoms with Crippen molar-refractivity contribution in [2.45, 2.75) is 38.6 Å². The lowest BCUT2D eigenvalue weighted by Crippen LogP contribution is -2.04. The van der Waals surface area contributed by atoms with Gasteiger partial charge >= 0.3 is 0 Å². The minimum absolute atomic E-state index is 0.748. The minimum Gasteiger partial charge on any atom is -0.332 e. The first-order valence-electron chi connectivity index (χ1n) is 4.36.